The van der Waals surface area contributed by atoms with Gasteiger partial charge >= 0.3 is 0 Å². The average Bonchev–Trinajstić information content (AvgIpc) is 2.74. The summed E-state index contributed by atoms with van der Waals surface area (Å²) >= 11 is 7.72. The van der Waals surface area contributed by atoms with Gasteiger partial charge in [-0.25, -0.2) is 0 Å². The second kappa shape index (κ2) is 12.6. The molecule has 0 spiro atoms. The molecule has 2 aromatic carbocycles. The topological polar surface area (TPSA) is 49.4 Å². The summed E-state index contributed by atoms with van der Waals surface area (Å²) in [6, 6.07) is 17.2. The first-order chi connectivity index (χ1) is 14.0. The van der Waals surface area contributed by atoms with Crippen LogP contribution in [0.4, 0.5) is 0 Å². The molecule has 156 valence electrons. The Labute approximate surface area is 183 Å². The smallest absolute Gasteiger partial charge is 0.242 e. The van der Waals surface area contributed by atoms with Crippen molar-refractivity contribution >= 4 is 35.2 Å². The van der Waals surface area contributed by atoms with Gasteiger partial charge < -0.3 is 10.2 Å². The minimum atomic E-state index is -0.501. The second-order valence-electron chi connectivity index (χ2n) is 6.87. The van der Waals surface area contributed by atoms with E-state index in [1.807, 2.05) is 61.5 Å². The van der Waals surface area contributed by atoms with Crippen molar-refractivity contribution in [3.63, 3.8) is 0 Å². The maximum absolute atomic E-state index is 13.0. The zero-order valence-electron chi connectivity index (χ0n) is 17.1. The minimum Gasteiger partial charge on any atom is -0.354 e. The van der Waals surface area contributed by atoms with Gasteiger partial charge in [-0.1, -0.05) is 67.1 Å². The molecule has 1 atom stereocenters. The largest absolute Gasteiger partial charge is 0.354 e. The zero-order valence-corrected chi connectivity index (χ0v) is 18.6. The van der Waals surface area contributed by atoms with E-state index in [0.29, 0.717) is 36.0 Å². The Bertz CT molecular complexity index is 785. The third kappa shape index (κ3) is 7.75. The van der Waals surface area contributed by atoms with Gasteiger partial charge in [0.25, 0.3) is 0 Å². The lowest BCUT2D eigenvalue weighted by atomic mass is 10.1. The lowest BCUT2D eigenvalue weighted by molar-refractivity contribution is -0.137. The van der Waals surface area contributed by atoms with Crippen molar-refractivity contribution < 1.29 is 9.59 Å². The highest BCUT2D eigenvalue weighted by molar-refractivity contribution is 7.99. The van der Waals surface area contributed by atoms with Crippen molar-refractivity contribution in [3.8, 4) is 0 Å². The van der Waals surface area contributed by atoms with E-state index in [9.17, 15) is 9.59 Å². The van der Waals surface area contributed by atoms with Gasteiger partial charge in [-0.05, 0) is 37.0 Å². The first-order valence-corrected chi connectivity index (χ1v) is 11.5. The Morgan fingerprint density at radius 2 is 1.79 bits per heavy atom. The number of halogens is 1. The summed E-state index contributed by atoms with van der Waals surface area (Å²) in [6.07, 6.45) is 1.58. The third-order valence-corrected chi connectivity index (χ3v) is 5.98. The molecule has 0 unspecified atom stereocenters. The highest BCUT2D eigenvalue weighted by Crippen LogP contribution is 2.21. The Kier molecular flexibility index (Phi) is 10.1. The van der Waals surface area contributed by atoms with Crippen LogP contribution in [0.3, 0.4) is 0 Å². The molecule has 2 aromatic rings. The van der Waals surface area contributed by atoms with E-state index in [2.05, 4.69) is 5.32 Å². The summed E-state index contributed by atoms with van der Waals surface area (Å²) in [4.78, 5) is 27.1. The van der Waals surface area contributed by atoms with Crippen LogP contribution in [-0.4, -0.2) is 41.6 Å². The molecular formula is C23H29ClN2O2S. The maximum atomic E-state index is 13.0. The van der Waals surface area contributed by atoms with Gasteiger partial charge in [-0.15, -0.1) is 11.8 Å². The van der Waals surface area contributed by atoms with Crippen molar-refractivity contribution in [2.24, 2.45) is 0 Å². The first-order valence-electron chi connectivity index (χ1n) is 9.95. The van der Waals surface area contributed by atoms with Crippen LogP contribution in [0, 0.1) is 0 Å². The Hall–Kier alpha value is -1.98. The molecule has 0 saturated heterocycles. The molecule has 0 bridgehead atoms. The quantitative estimate of drug-likeness (QED) is 0.566. The number of hydrogen-bond acceptors (Lipinski definition) is 3. The van der Waals surface area contributed by atoms with Gasteiger partial charge in [0.1, 0.15) is 6.04 Å². The minimum absolute atomic E-state index is 0.0304. The fourth-order valence-electron chi connectivity index (χ4n) is 2.91. The summed E-state index contributed by atoms with van der Waals surface area (Å²) in [5, 5.41) is 3.61. The van der Waals surface area contributed by atoms with Gasteiger partial charge in [0.2, 0.25) is 11.8 Å². The fraction of sp³-hybridized carbons (Fsp3) is 0.391. The van der Waals surface area contributed by atoms with Gasteiger partial charge in [-0.3, -0.25) is 9.59 Å². The molecule has 0 heterocycles. The summed E-state index contributed by atoms with van der Waals surface area (Å²) in [5.74, 6) is 0.834. The zero-order chi connectivity index (χ0) is 21.1. The van der Waals surface area contributed by atoms with Crippen LogP contribution in [0.25, 0.3) is 0 Å². The number of carbonyl (C=O) groups is 2. The van der Waals surface area contributed by atoms with Crippen molar-refractivity contribution in [2.75, 3.05) is 18.8 Å². The Morgan fingerprint density at radius 1 is 1.10 bits per heavy atom. The number of amides is 2. The normalized spacial score (nSPS) is 11.7. The van der Waals surface area contributed by atoms with E-state index in [0.717, 1.165) is 17.5 Å². The molecule has 0 aliphatic rings. The molecule has 0 aliphatic carbocycles. The molecule has 0 aliphatic heterocycles. The summed E-state index contributed by atoms with van der Waals surface area (Å²) in [5.41, 5.74) is 2.16. The highest BCUT2D eigenvalue weighted by Gasteiger charge is 2.25. The van der Waals surface area contributed by atoms with Gasteiger partial charge in [0, 0.05) is 23.9 Å². The third-order valence-electron chi connectivity index (χ3n) is 4.64. The number of rotatable bonds is 11. The molecule has 6 heteroatoms. The van der Waals surface area contributed by atoms with Crippen LogP contribution in [0.15, 0.2) is 54.6 Å². The molecule has 2 rings (SSSR count). The predicted molar refractivity (Wildman–Crippen MR) is 122 cm³/mol. The van der Waals surface area contributed by atoms with Crippen LogP contribution >= 0.6 is 23.4 Å². The molecular weight excluding hydrogens is 404 g/mol. The van der Waals surface area contributed by atoms with Crippen molar-refractivity contribution in [2.45, 2.75) is 38.5 Å². The molecule has 0 radical (unpaired) electrons. The van der Waals surface area contributed by atoms with Gasteiger partial charge in [0.05, 0.1) is 5.75 Å². The van der Waals surface area contributed by atoms with Crippen LogP contribution in [0.2, 0.25) is 5.02 Å². The number of hydrogen-bond donors (Lipinski definition) is 1. The molecule has 4 nitrogen and oxygen atoms in total. The van der Waals surface area contributed by atoms with Gasteiger partial charge in [0.15, 0.2) is 0 Å². The van der Waals surface area contributed by atoms with E-state index in [4.69, 9.17) is 11.6 Å². The molecule has 1 N–H and O–H groups in total. The van der Waals surface area contributed by atoms with Crippen molar-refractivity contribution in [3.05, 3.63) is 70.7 Å². The van der Waals surface area contributed by atoms with E-state index < -0.39 is 6.04 Å². The molecule has 0 saturated carbocycles. The van der Waals surface area contributed by atoms with E-state index in [1.165, 1.54) is 11.8 Å². The maximum Gasteiger partial charge on any atom is 0.242 e. The number of nitrogens with zero attached hydrogens (tertiary/aromatic N) is 1. The summed E-state index contributed by atoms with van der Waals surface area (Å²) < 4.78 is 0. The molecule has 2 amide bonds. The summed E-state index contributed by atoms with van der Waals surface area (Å²) in [7, 11) is 0. The van der Waals surface area contributed by atoms with Crippen LogP contribution < -0.4 is 5.32 Å². The Balaban J connectivity index is 1.98. The SMILES string of the molecule is CCCNC(=O)[C@@H](C)N(CCc1ccccc1)C(=O)CSCc1ccccc1Cl. The monoisotopic (exact) mass is 432 g/mol. The summed E-state index contributed by atoms with van der Waals surface area (Å²) in [6.45, 7) is 4.93. The standard InChI is InChI=1S/C23H29ClN2O2S/c1-3-14-25-23(28)18(2)26(15-13-19-9-5-4-6-10-19)22(27)17-29-16-20-11-7-8-12-21(20)24/h4-12,18H,3,13-17H2,1-2H3,(H,25,28)/t18-/m1/s1. The predicted octanol–water partition coefficient (Wildman–Crippen LogP) is 4.56. The first kappa shape index (κ1) is 23.3. The number of carbonyl (C=O) groups excluding carboxylic acids is 2. The average molecular weight is 433 g/mol. The van der Waals surface area contributed by atoms with E-state index in [-0.39, 0.29) is 11.8 Å². The van der Waals surface area contributed by atoms with Gasteiger partial charge in [-0.2, -0.15) is 0 Å². The van der Waals surface area contributed by atoms with E-state index in [1.54, 1.807) is 11.8 Å². The van der Waals surface area contributed by atoms with Crippen LogP contribution in [-0.2, 0) is 21.8 Å². The van der Waals surface area contributed by atoms with Crippen molar-refractivity contribution in [1.29, 1.82) is 0 Å². The van der Waals surface area contributed by atoms with E-state index >= 15 is 0 Å². The molecule has 29 heavy (non-hydrogen) atoms. The fourth-order valence-corrected chi connectivity index (χ4v) is 4.11. The van der Waals surface area contributed by atoms with Crippen LogP contribution in [0.5, 0.6) is 0 Å². The van der Waals surface area contributed by atoms with Crippen LogP contribution in [0.1, 0.15) is 31.4 Å². The number of thioether (sulfide) groups is 1. The lowest BCUT2D eigenvalue weighted by Gasteiger charge is -2.28. The highest BCUT2D eigenvalue weighted by atomic mass is 35.5. The number of benzene rings is 2. The molecule has 0 aromatic heterocycles. The molecule has 0 fully saturated rings. The number of nitrogens with one attached hydrogen (secondary N) is 1. The second-order valence-corrected chi connectivity index (χ2v) is 8.27. The van der Waals surface area contributed by atoms with Crippen molar-refractivity contribution in [1.82, 2.24) is 10.2 Å². The lowest BCUT2D eigenvalue weighted by Crippen LogP contribution is -2.49. The Morgan fingerprint density at radius 3 is 2.48 bits per heavy atom.